The SMILES string of the molecule is CCCCCCCCCC/C=C\CCCCCCCCCCCCCCCCCCCCCCCCCCCC(=O)NC(COC1OC(CO)C(O)C(O)C1O)C(O)CCCCCCCCCCCCCCCCCCCCCCCCCCCCCC. The molecule has 7 unspecified atom stereocenters. The zero-order valence-corrected chi connectivity index (χ0v) is 59.0. The summed E-state index contributed by atoms with van der Waals surface area (Å²) in [5.74, 6) is -0.132. The van der Waals surface area contributed by atoms with Crippen LogP contribution in [0.3, 0.4) is 0 Å². The van der Waals surface area contributed by atoms with Crippen LogP contribution < -0.4 is 5.32 Å². The van der Waals surface area contributed by atoms with Crippen molar-refractivity contribution in [2.45, 2.75) is 474 Å². The highest BCUT2D eigenvalue weighted by molar-refractivity contribution is 5.76. The van der Waals surface area contributed by atoms with Crippen molar-refractivity contribution in [3.63, 3.8) is 0 Å². The lowest BCUT2D eigenvalue weighted by molar-refractivity contribution is -0.302. The number of hydrogen-bond acceptors (Lipinski definition) is 8. The quantitative estimate of drug-likeness (QED) is 0.0261. The Morgan fingerprint density at radius 3 is 0.920 bits per heavy atom. The number of aliphatic hydroxyl groups is 5. The monoisotopic (exact) mass is 1250 g/mol. The van der Waals surface area contributed by atoms with E-state index in [1.54, 1.807) is 0 Å². The van der Waals surface area contributed by atoms with E-state index in [4.69, 9.17) is 9.47 Å². The molecule has 0 bridgehead atoms. The third kappa shape index (κ3) is 56.5. The maximum absolute atomic E-state index is 13.2. The van der Waals surface area contributed by atoms with Crippen LogP contribution in [0.5, 0.6) is 0 Å². The van der Waals surface area contributed by atoms with E-state index >= 15 is 0 Å². The number of hydrogen-bond donors (Lipinski definition) is 6. The predicted molar refractivity (Wildman–Crippen MR) is 378 cm³/mol. The van der Waals surface area contributed by atoms with E-state index in [0.717, 1.165) is 38.5 Å². The zero-order chi connectivity index (χ0) is 63.5. The Labute approximate surface area is 547 Å². The first-order valence-corrected chi connectivity index (χ1v) is 39.9. The maximum Gasteiger partial charge on any atom is 0.220 e. The van der Waals surface area contributed by atoms with Crippen LogP contribution >= 0.6 is 0 Å². The average Bonchev–Trinajstić information content (AvgIpc) is 3.29. The number of allylic oxidation sites excluding steroid dienone is 2. The van der Waals surface area contributed by atoms with Gasteiger partial charge >= 0.3 is 0 Å². The first-order valence-electron chi connectivity index (χ1n) is 39.9. The standard InChI is InChI=1S/C79H155NO8/c1-3-5-7-9-11-13-15-17-19-21-23-25-27-29-31-33-34-35-36-37-38-39-40-41-43-45-47-49-51-53-55-57-59-61-63-65-67-69-75(83)80-72(71-87-79-78(86)77(85)76(84)74(70-81)88-79)73(82)68-66-64-62-60-58-56-54-52-50-48-46-44-42-32-30-28-26-24-22-20-18-16-14-12-10-8-6-4-2/h21,23,72-74,76-79,81-82,84-86H,3-20,22,24-71H2,1-2H3,(H,80,83)/b23-21-. The highest BCUT2D eigenvalue weighted by atomic mass is 16.7. The van der Waals surface area contributed by atoms with Gasteiger partial charge in [-0.05, 0) is 38.5 Å². The van der Waals surface area contributed by atoms with Crippen molar-refractivity contribution in [1.29, 1.82) is 0 Å². The molecule has 7 atom stereocenters. The third-order valence-electron chi connectivity index (χ3n) is 19.6. The lowest BCUT2D eigenvalue weighted by Gasteiger charge is -2.40. The van der Waals surface area contributed by atoms with Gasteiger partial charge in [-0.3, -0.25) is 4.79 Å². The molecule has 1 amide bonds. The number of rotatable bonds is 72. The molecule has 1 aliphatic heterocycles. The normalized spacial score (nSPS) is 17.8. The van der Waals surface area contributed by atoms with Crippen LogP contribution in [0, 0.1) is 0 Å². The van der Waals surface area contributed by atoms with Gasteiger partial charge < -0.3 is 40.3 Å². The van der Waals surface area contributed by atoms with Crippen molar-refractivity contribution in [2.75, 3.05) is 13.2 Å². The van der Waals surface area contributed by atoms with Crippen LogP contribution in [0.1, 0.15) is 431 Å². The number of amides is 1. The minimum atomic E-state index is -1.55. The van der Waals surface area contributed by atoms with Gasteiger partial charge in [-0.15, -0.1) is 0 Å². The van der Waals surface area contributed by atoms with Crippen LogP contribution in [0.15, 0.2) is 12.2 Å². The second-order valence-corrected chi connectivity index (χ2v) is 28.2. The number of aliphatic hydroxyl groups excluding tert-OH is 5. The topological polar surface area (TPSA) is 149 Å². The van der Waals surface area contributed by atoms with E-state index in [2.05, 4.69) is 31.3 Å². The minimum absolute atomic E-state index is 0.131. The van der Waals surface area contributed by atoms with Crippen molar-refractivity contribution >= 4 is 5.91 Å². The van der Waals surface area contributed by atoms with Crippen molar-refractivity contribution in [2.24, 2.45) is 0 Å². The van der Waals surface area contributed by atoms with E-state index < -0.39 is 49.5 Å². The summed E-state index contributed by atoms with van der Waals surface area (Å²) in [7, 11) is 0. The molecule has 1 rings (SSSR count). The van der Waals surface area contributed by atoms with Gasteiger partial charge in [-0.2, -0.15) is 0 Å². The summed E-state index contributed by atoms with van der Waals surface area (Å²) in [6.45, 7) is 3.91. The number of ether oxygens (including phenoxy) is 2. The van der Waals surface area contributed by atoms with Gasteiger partial charge in [-0.25, -0.2) is 0 Å². The molecule has 0 aromatic rings. The van der Waals surface area contributed by atoms with E-state index in [0.29, 0.717) is 12.8 Å². The van der Waals surface area contributed by atoms with Crippen molar-refractivity contribution in [3.05, 3.63) is 12.2 Å². The van der Waals surface area contributed by atoms with Gasteiger partial charge in [0.05, 0.1) is 25.4 Å². The fourth-order valence-corrected chi connectivity index (χ4v) is 13.4. The molecule has 0 aromatic heterocycles. The van der Waals surface area contributed by atoms with Gasteiger partial charge in [0.25, 0.3) is 0 Å². The van der Waals surface area contributed by atoms with E-state index in [1.165, 1.54) is 366 Å². The number of nitrogens with one attached hydrogen (secondary N) is 1. The molecular formula is C79H155NO8. The number of carbonyl (C=O) groups is 1. The molecule has 1 saturated heterocycles. The molecule has 0 aromatic carbocycles. The maximum atomic E-state index is 13.2. The Balaban J connectivity index is 2.03. The Morgan fingerprint density at radius 1 is 0.375 bits per heavy atom. The molecule has 1 aliphatic rings. The minimum Gasteiger partial charge on any atom is -0.394 e. The van der Waals surface area contributed by atoms with E-state index in [1.807, 2.05) is 0 Å². The number of unbranched alkanes of at least 4 members (excludes halogenated alkanes) is 60. The molecule has 6 N–H and O–H groups in total. The fraction of sp³-hybridized carbons (Fsp3) is 0.962. The molecule has 0 radical (unpaired) electrons. The van der Waals surface area contributed by atoms with Crippen LogP contribution in [0.2, 0.25) is 0 Å². The molecule has 9 heteroatoms. The molecule has 9 nitrogen and oxygen atoms in total. The largest absolute Gasteiger partial charge is 0.394 e. The molecule has 88 heavy (non-hydrogen) atoms. The van der Waals surface area contributed by atoms with Crippen LogP contribution in [-0.4, -0.2) is 87.5 Å². The van der Waals surface area contributed by atoms with Gasteiger partial charge in [0, 0.05) is 6.42 Å². The summed E-state index contributed by atoms with van der Waals surface area (Å²) in [6, 6.07) is -0.717. The molecular weight excluding hydrogens is 1090 g/mol. The molecule has 524 valence electrons. The van der Waals surface area contributed by atoms with Crippen molar-refractivity contribution in [1.82, 2.24) is 5.32 Å². The molecule has 1 heterocycles. The Kier molecular flexibility index (Phi) is 66.4. The highest BCUT2D eigenvalue weighted by Gasteiger charge is 2.44. The van der Waals surface area contributed by atoms with Crippen LogP contribution in [0.25, 0.3) is 0 Å². The second-order valence-electron chi connectivity index (χ2n) is 28.2. The second kappa shape index (κ2) is 68.8. The van der Waals surface area contributed by atoms with Gasteiger partial charge in [0.1, 0.15) is 24.4 Å². The average molecular weight is 1250 g/mol. The molecule has 0 spiro atoms. The Bertz CT molecular complexity index is 1400. The van der Waals surface area contributed by atoms with E-state index in [-0.39, 0.29) is 12.5 Å². The van der Waals surface area contributed by atoms with Gasteiger partial charge in [-0.1, -0.05) is 398 Å². The third-order valence-corrected chi connectivity index (χ3v) is 19.6. The molecule has 0 aliphatic carbocycles. The summed E-state index contributed by atoms with van der Waals surface area (Å²) in [4.78, 5) is 13.2. The van der Waals surface area contributed by atoms with Crippen molar-refractivity contribution < 1.29 is 39.8 Å². The summed E-state index contributed by atoms with van der Waals surface area (Å²) >= 11 is 0. The summed E-state index contributed by atoms with van der Waals surface area (Å²) in [5.41, 5.74) is 0. The first kappa shape index (κ1) is 84.9. The summed E-state index contributed by atoms with van der Waals surface area (Å²) < 4.78 is 11.4. The lowest BCUT2D eigenvalue weighted by atomic mass is 9.99. The van der Waals surface area contributed by atoms with Crippen molar-refractivity contribution in [3.8, 4) is 0 Å². The molecule has 0 saturated carbocycles. The number of carbonyl (C=O) groups excluding carboxylic acids is 1. The predicted octanol–water partition coefficient (Wildman–Crippen LogP) is 22.6. The van der Waals surface area contributed by atoms with Crippen LogP contribution in [0.4, 0.5) is 0 Å². The van der Waals surface area contributed by atoms with E-state index in [9.17, 15) is 30.3 Å². The lowest BCUT2D eigenvalue weighted by Crippen LogP contribution is -2.60. The molecule has 1 fully saturated rings. The van der Waals surface area contributed by atoms with Gasteiger partial charge in [0.2, 0.25) is 5.91 Å². The summed E-state index contributed by atoms with van der Waals surface area (Å²) in [5, 5.41) is 55.1. The Hall–Kier alpha value is -1.07. The smallest absolute Gasteiger partial charge is 0.220 e. The zero-order valence-electron chi connectivity index (χ0n) is 59.0. The van der Waals surface area contributed by atoms with Crippen LogP contribution in [-0.2, 0) is 14.3 Å². The highest BCUT2D eigenvalue weighted by Crippen LogP contribution is 2.24. The van der Waals surface area contributed by atoms with Gasteiger partial charge in [0.15, 0.2) is 6.29 Å². The first-order chi connectivity index (χ1) is 43.3. The summed E-state index contributed by atoms with van der Waals surface area (Å²) in [6.07, 6.45) is 83.3. The fourth-order valence-electron chi connectivity index (χ4n) is 13.4. The Morgan fingerprint density at radius 2 is 0.636 bits per heavy atom.